The first kappa shape index (κ1) is 25.3. The molecule has 0 spiro atoms. The van der Waals surface area contributed by atoms with Gasteiger partial charge in [0.15, 0.2) is 0 Å². The Morgan fingerprint density at radius 2 is 1.79 bits per heavy atom. The van der Waals surface area contributed by atoms with Gasteiger partial charge in [0.2, 0.25) is 0 Å². The zero-order valence-corrected chi connectivity index (χ0v) is 21.0. The van der Waals surface area contributed by atoms with E-state index in [4.69, 9.17) is 0 Å². The molecule has 34 heavy (non-hydrogen) atoms. The van der Waals surface area contributed by atoms with Gasteiger partial charge in [-0.3, -0.25) is 9.88 Å². The molecule has 2 aromatic rings. The van der Waals surface area contributed by atoms with Crippen molar-refractivity contribution >= 4 is 11.3 Å². The fraction of sp³-hybridized carbons (Fsp3) is 0.300. The van der Waals surface area contributed by atoms with Gasteiger partial charge >= 0.3 is 0 Å². The van der Waals surface area contributed by atoms with E-state index in [1.807, 2.05) is 51.5 Å². The van der Waals surface area contributed by atoms with Gasteiger partial charge in [-0.05, 0) is 80.8 Å². The van der Waals surface area contributed by atoms with E-state index in [1.54, 1.807) is 0 Å². The summed E-state index contributed by atoms with van der Waals surface area (Å²) in [5.41, 5.74) is 9.04. The minimum absolute atomic E-state index is 0.755. The molecule has 1 saturated heterocycles. The Kier molecular flexibility index (Phi) is 9.06. The van der Waals surface area contributed by atoms with Crippen molar-refractivity contribution in [2.45, 2.75) is 39.7 Å². The van der Waals surface area contributed by atoms with Gasteiger partial charge in [0, 0.05) is 54.2 Å². The number of rotatable bonds is 10. The Bertz CT molecular complexity index is 1100. The molecule has 1 fully saturated rings. The number of likely N-dealkylation sites (tertiary alicyclic amines) is 1. The highest BCUT2D eigenvalue weighted by Gasteiger charge is 2.13. The monoisotopic (exact) mass is 454 g/mol. The maximum absolute atomic E-state index is 4.55. The molecule has 178 valence electrons. The lowest BCUT2D eigenvalue weighted by atomic mass is 9.96. The molecule has 4 heteroatoms. The number of allylic oxidation sites excluding steroid dienone is 5. The van der Waals surface area contributed by atoms with Crippen molar-refractivity contribution in [3.05, 3.63) is 103 Å². The fourth-order valence-corrected chi connectivity index (χ4v) is 4.15. The second-order valence-corrected chi connectivity index (χ2v) is 8.93. The number of pyridine rings is 1. The number of benzene rings is 1. The number of hydrogen-bond donors (Lipinski definition) is 2. The molecule has 4 nitrogen and oxygen atoms in total. The topological polar surface area (TPSA) is 40.2 Å². The Balaban J connectivity index is 1.83. The van der Waals surface area contributed by atoms with E-state index in [1.165, 1.54) is 37.9 Å². The fourth-order valence-electron chi connectivity index (χ4n) is 4.15. The molecule has 0 amide bonds. The minimum atomic E-state index is 0.755. The predicted molar refractivity (Wildman–Crippen MR) is 147 cm³/mol. The summed E-state index contributed by atoms with van der Waals surface area (Å²) < 4.78 is 0. The quantitative estimate of drug-likeness (QED) is 0.382. The molecule has 1 aromatic heterocycles. The first-order valence-corrected chi connectivity index (χ1v) is 12.0. The number of nitrogens with zero attached hydrogens (tertiary/aromatic N) is 2. The third kappa shape index (κ3) is 6.82. The summed E-state index contributed by atoms with van der Waals surface area (Å²) >= 11 is 0. The van der Waals surface area contributed by atoms with E-state index >= 15 is 0 Å². The van der Waals surface area contributed by atoms with Crippen LogP contribution in [0.15, 0.2) is 91.6 Å². The first-order valence-electron chi connectivity index (χ1n) is 12.0. The van der Waals surface area contributed by atoms with E-state index in [0.29, 0.717) is 0 Å². The van der Waals surface area contributed by atoms with Crippen LogP contribution < -0.4 is 10.6 Å². The van der Waals surface area contributed by atoms with E-state index < -0.39 is 0 Å². The molecule has 0 radical (unpaired) electrons. The number of hydrogen-bond acceptors (Lipinski definition) is 4. The summed E-state index contributed by atoms with van der Waals surface area (Å²) in [5, 5.41) is 6.67. The van der Waals surface area contributed by atoms with E-state index in [0.717, 1.165) is 51.5 Å². The molecule has 2 N–H and O–H groups in total. The van der Waals surface area contributed by atoms with Crippen molar-refractivity contribution in [1.82, 2.24) is 15.2 Å². The van der Waals surface area contributed by atoms with Gasteiger partial charge in [-0.25, -0.2) is 0 Å². The van der Waals surface area contributed by atoms with Gasteiger partial charge in [-0.15, -0.1) is 0 Å². The summed E-state index contributed by atoms with van der Waals surface area (Å²) in [6.45, 7) is 19.8. The van der Waals surface area contributed by atoms with Crippen LogP contribution in [0.25, 0.3) is 16.7 Å². The molecular formula is C30H38N4. The van der Waals surface area contributed by atoms with Crippen LogP contribution >= 0.6 is 0 Å². The molecule has 1 aromatic carbocycles. The molecular weight excluding hydrogens is 416 g/mol. The lowest BCUT2D eigenvalue weighted by Gasteiger charge is -2.26. The third-order valence-electron chi connectivity index (χ3n) is 6.12. The third-order valence-corrected chi connectivity index (χ3v) is 6.12. The maximum Gasteiger partial charge on any atom is 0.0418 e. The number of aromatic nitrogens is 1. The SMILES string of the molecule is C=C(C)/C=C\C(=CC)NC(=C)C(=C)c1cc(-c2cncc(CN3CCCCC3)c2)ccc1NC. The molecule has 0 saturated carbocycles. The van der Waals surface area contributed by atoms with E-state index in [2.05, 4.69) is 64.5 Å². The van der Waals surface area contributed by atoms with Gasteiger partial charge in [0.05, 0.1) is 0 Å². The van der Waals surface area contributed by atoms with Crippen molar-refractivity contribution < 1.29 is 0 Å². The van der Waals surface area contributed by atoms with Crippen molar-refractivity contribution in [2.24, 2.45) is 0 Å². The largest absolute Gasteiger partial charge is 0.388 e. The zero-order valence-electron chi connectivity index (χ0n) is 21.0. The van der Waals surface area contributed by atoms with E-state index in [9.17, 15) is 0 Å². The second-order valence-electron chi connectivity index (χ2n) is 8.93. The van der Waals surface area contributed by atoms with Crippen molar-refractivity contribution in [2.75, 3.05) is 25.5 Å². The second kappa shape index (κ2) is 12.2. The van der Waals surface area contributed by atoms with Crippen LogP contribution in [0, 0.1) is 0 Å². The average Bonchev–Trinajstić information content (AvgIpc) is 2.86. The van der Waals surface area contributed by atoms with Crippen LogP contribution in [0.2, 0.25) is 0 Å². The molecule has 0 unspecified atom stereocenters. The highest BCUT2D eigenvalue weighted by molar-refractivity contribution is 5.86. The molecule has 2 heterocycles. The summed E-state index contributed by atoms with van der Waals surface area (Å²) in [6.07, 6.45) is 13.8. The van der Waals surface area contributed by atoms with Crippen LogP contribution in [0.4, 0.5) is 5.69 Å². The Morgan fingerprint density at radius 3 is 2.47 bits per heavy atom. The van der Waals surface area contributed by atoms with Crippen LogP contribution in [0.5, 0.6) is 0 Å². The normalized spacial score (nSPS) is 14.7. The van der Waals surface area contributed by atoms with E-state index in [-0.39, 0.29) is 0 Å². The number of anilines is 1. The molecule has 1 aliphatic rings. The predicted octanol–water partition coefficient (Wildman–Crippen LogP) is 6.93. The van der Waals surface area contributed by atoms with Gasteiger partial charge in [-0.2, -0.15) is 0 Å². The van der Waals surface area contributed by atoms with Crippen molar-refractivity contribution in [3.8, 4) is 11.1 Å². The van der Waals surface area contributed by atoms with Crippen LogP contribution in [0.1, 0.15) is 44.2 Å². The van der Waals surface area contributed by atoms with Crippen molar-refractivity contribution in [1.29, 1.82) is 0 Å². The molecule has 0 aliphatic carbocycles. The van der Waals surface area contributed by atoms with Gasteiger partial charge in [0.1, 0.15) is 0 Å². The number of nitrogens with one attached hydrogen (secondary N) is 2. The Morgan fingerprint density at radius 1 is 1.03 bits per heavy atom. The van der Waals surface area contributed by atoms with Crippen molar-refractivity contribution in [3.63, 3.8) is 0 Å². The van der Waals surface area contributed by atoms with Crippen LogP contribution in [-0.4, -0.2) is 30.0 Å². The zero-order chi connectivity index (χ0) is 24.5. The summed E-state index contributed by atoms with van der Waals surface area (Å²) in [5.74, 6) is 0. The summed E-state index contributed by atoms with van der Waals surface area (Å²) in [6, 6.07) is 8.66. The minimum Gasteiger partial charge on any atom is -0.388 e. The standard InChI is InChI=1S/C30H38N4/c1-7-28(13-11-22(2)3)33-24(5)23(4)29-18-26(12-14-30(29)31-6)27-17-25(19-32-20-27)21-34-15-9-8-10-16-34/h7,11-14,17-20,31,33H,2,4-5,8-10,15-16,21H2,1,3,6H3/b13-11-,28-7?. The molecule has 3 rings (SSSR count). The lowest BCUT2D eigenvalue weighted by molar-refractivity contribution is 0.220. The molecule has 0 atom stereocenters. The molecule has 0 bridgehead atoms. The average molecular weight is 455 g/mol. The first-order chi connectivity index (χ1) is 16.4. The number of piperidine rings is 1. The Labute approximate surface area is 205 Å². The smallest absolute Gasteiger partial charge is 0.0418 e. The van der Waals surface area contributed by atoms with Crippen LogP contribution in [0.3, 0.4) is 0 Å². The van der Waals surface area contributed by atoms with Gasteiger partial charge < -0.3 is 10.6 Å². The highest BCUT2D eigenvalue weighted by atomic mass is 15.1. The summed E-state index contributed by atoms with van der Waals surface area (Å²) in [4.78, 5) is 7.07. The maximum atomic E-state index is 4.55. The lowest BCUT2D eigenvalue weighted by Crippen LogP contribution is -2.29. The van der Waals surface area contributed by atoms with Gasteiger partial charge in [-0.1, -0.05) is 49.9 Å². The van der Waals surface area contributed by atoms with Gasteiger partial charge in [0.25, 0.3) is 0 Å². The van der Waals surface area contributed by atoms with Crippen LogP contribution in [-0.2, 0) is 6.54 Å². The molecule has 1 aliphatic heterocycles. The highest BCUT2D eigenvalue weighted by Crippen LogP contribution is 2.32. The summed E-state index contributed by atoms with van der Waals surface area (Å²) in [7, 11) is 1.93. The Hall–Kier alpha value is -3.37.